The third kappa shape index (κ3) is 2.33. The summed E-state index contributed by atoms with van der Waals surface area (Å²) in [6.07, 6.45) is 1.22. The van der Waals surface area contributed by atoms with Crippen LogP contribution in [0.5, 0.6) is 0 Å². The monoisotopic (exact) mass is 293 g/mol. The van der Waals surface area contributed by atoms with Crippen LogP contribution in [0.4, 0.5) is 11.4 Å². The summed E-state index contributed by atoms with van der Waals surface area (Å²) in [5.74, 6) is 0. The van der Waals surface area contributed by atoms with Gasteiger partial charge in [-0.25, -0.2) is 0 Å². The lowest BCUT2D eigenvalue weighted by atomic mass is 9.82. The molecule has 0 N–H and O–H groups in total. The number of hydrogen-bond acceptors (Lipinski definition) is 1. The summed E-state index contributed by atoms with van der Waals surface area (Å²) in [5, 5.41) is 0. The van der Waals surface area contributed by atoms with Gasteiger partial charge in [-0.15, -0.1) is 0 Å². The molecule has 116 valence electrons. The molecule has 2 aromatic rings. The van der Waals surface area contributed by atoms with Crippen molar-refractivity contribution in [3.8, 4) is 0 Å². The SMILES string of the molecule is Cc1ccccc1N(C)c1ccc2c(c1)C(C)(C)CC2(C)C. The molecule has 1 nitrogen and oxygen atoms in total. The molecule has 0 saturated carbocycles. The summed E-state index contributed by atoms with van der Waals surface area (Å²) >= 11 is 0. The van der Waals surface area contributed by atoms with Gasteiger partial charge in [0.25, 0.3) is 0 Å². The summed E-state index contributed by atoms with van der Waals surface area (Å²) < 4.78 is 0. The van der Waals surface area contributed by atoms with Gasteiger partial charge in [0.1, 0.15) is 0 Å². The molecule has 3 rings (SSSR count). The Hall–Kier alpha value is -1.76. The van der Waals surface area contributed by atoms with Crippen molar-refractivity contribution < 1.29 is 0 Å². The molecule has 1 heteroatoms. The van der Waals surface area contributed by atoms with Crippen molar-refractivity contribution in [2.45, 2.75) is 51.9 Å². The fourth-order valence-corrected chi connectivity index (χ4v) is 4.27. The van der Waals surface area contributed by atoms with Crippen molar-refractivity contribution in [1.29, 1.82) is 0 Å². The molecule has 0 radical (unpaired) electrons. The maximum absolute atomic E-state index is 2.40. The first-order valence-electron chi connectivity index (χ1n) is 8.17. The van der Waals surface area contributed by atoms with Gasteiger partial charge >= 0.3 is 0 Å². The van der Waals surface area contributed by atoms with E-state index in [0.29, 0.717) is 0 Å². The molecule has 0 unspecified atom stereocenters. The van der Waals surface area contributed by atoms with Crippen molar-refractivity contribution >= 4 is 11.4 Å². The third-order valence-corrected chi connectivity index (χ3v) is 5.21. The number of rotatable bonds is 2. The molecule has 0 saturated heterocycles. The van der Waals surface area contributed by atoms with Crippen LogP contribution in [0.25, 0.3) is 0 Å². The van der Waals surface area contributed by atoms with Crippen molar-refractivity contribution in [1.82, 2.24) is 0 Å². The van der Waals surface area contributed by atoms with Crippen LogP contribution < -0.4 is 4.90 Å². The summed E-state index contributed by atoms with van der Waals surface area (Å²) in [6, 6.07) is 15.6. The molecule has 0 bridgehead atoms. The van der Waals surface area contributed by atoms with E-state index in [9.17, 15) is 0 Å². The van der Waals surface area contributed by atoms with E-state index in [4.69, 9.17) is 0 Å². The maximum Gasteiger partial charge on any atom is 0.0437 e. The normalized spacial score (nSPS) is 18.1. The van der Waals surface area contributed by atoms with Crippen molar-refractivity contribution in [3.05, 3.63) is 59.2 Å². The van der Waals surface area contributed by atoms with Crippen LogP contribution in [0, 0.1) is 6.92 Å². The topological polar surface area (TPSA) is 3.24 Å². The highest BCUT2D eigenvalue weighted by Crippen LogP contribution is 2.50. The third-order valence-electron chi connectivity index (χ3n) is 5.21. The number of hydrogen-bond donors (Lipinski definition) is 0. The van der Waals surface area contributed by atoms with E-state index >= 15 is 0 Å². The molecule has 1 aliphatic carbocycles. The highest BCUT2D eigenvalue weighted by atomic mass is 15.1. The molecule has 0 aliphatic heterocycles. The molecule has 1 aliphatic rings. The number of nitrogens with zero attached hydrogens (tertiary/aromatic N) is 1. The summed E-state index contributed by atoms with van der Waals surface area (Å²) in [6.45, 7) is 11.7. The standard InChI is InChI=1S/C21H27N/c1-15-9-7-8-10-19(15)22(6)16-11-12-17-18(13-16)21(4,5)14-20(17,2)3/h7-13H,14H2,1-6H3. The Morgan fingerprint density at radius 3 is 2.18 bits per heavy atom. The van der Waals surface area contributed by atoms with E-state index < -0.39 is 0 Å². The molecular formula is C21H27N. The van der Waals surface area contributed by atoms with E-state index in [1.165, 1.54) is 34.5 Å². The van der Waals surface area contributed by atoms with Crippen LogP contribution >= 0.6 is 0 Å². The summed E-state index contributed by atoms with van der Waals surface area (Å²) in [7, 11) is 2.16. The average Bonchev–Trinajstić information content (AvgIpc) is 2.63. The second kappa shape index (κ2) is 4.87. The first-order chi connectivity index (χ1) is 10.2. The summed E-state index contributed by atoms with van der Waals surface area (Å²) in [5.41, 5.74) is 7.41. The highest BCUT2D eigenvalue weighted by Gasteiger charge is 2.41. The van der Waals surface area contributed by atoms with E-state index in [2.05, 4.69) is 89.0 Å². The Bertz CT molecular complexity index is 710. The lowest BCUT2D eigenvalue weighted by Crippen LogP contribution is -2.18. The highest BCUT2D eigenvalue weighted by molar-refractivity contribution is 5.67. The predicted octanol–water partition coefficient (Wildman–Crippen LogP) is 5.72. The van der Waals surface area contributed by atoms with Gasteiger partial charge in [-0.3, -0.25) is 0 Å². The fraction of sp³-hybridized carbons (Fsp3) is 0.429. The Morgan fingerprint density at radius 1 is 0.864 bits per heavy atom. The van der Waals surface area contributed by atoms with Gasteiger partial charge in [0.2, 0.25) is 0 Å². The van der Waals surface area contributed by atoms with Gasteiger partial charge in [0, 0.05) is 18.4 Å². The van der Waals surface area contributed by atoms with Crippen molar-refractivity contribution in [2.75, 3.05) is 11.9 Å². The molecule has 22 heavy (non-hydrogen) atoms. The molecule has 0 aromatic heterocycles. The predicted molar refractivity (Wildman–Crippen MR) is 96.4 cm³/mol. The average molecular weight is 293 g/mol. The van der Waals surface area contributed by atoms with E-state index in [0.717, 1.165) is 0 Å². The van der Waals surface area contributed by atoms with Gasteiger partial charge in [-0.1, -0.05) is 52.0 Å². The molecule has 2 aromatic carbocycles. The van der Waals surface area contributed by atoms with Crippen LogP contribution in [0.3, 0.4) is 0 Å². The number of anilines is 2. The Kier molecular flexibility index (Phi) is 3.36. The zero-order chi connectivity index (χ0) is 16.1. The second-order valence-electron chi connectivity index (χ2n) is 8.02. The maximum atomic E-state index is 2.40. The minimum atomic E-state index is 0.251. The molecule has 0 fully saturated rings. The zero-order valence-corrected chi connectivity index (χ0v) is 14.7. The van der Waals surface area contributed by atoms with Crippen LogP contribution in [0.2, 0.25) is 0 Å². The quantitative estimate of drug-likeness (QED) is 0.684. The Morgan fingerprint density at radius 2 is 1.50 bits per heavy atom. The van der Waals surface area contributed by atoms with Crippen molar-refractivity contribution in [2.24, 2.45) is 0 Å². The van der Waals surface area contributed by atoms with E-state index in [1.54, 1.807) is 0 Å². The van der Waals surface area contributed by atoms with Gasteiger partial charge < -0.3 is 4.90 Å². The molecule has 0 amide bonds. The Labute approximate surface area is 135 Å². The first kappa shape index (κ1) is 15.1. The number of benzene rings is 2. The largest absolute Gasteiger partial charge is 0.344 e. The molecule has 0 atom stereocenters. The van der Waals surface area contributed by atoms with Crippen LogP contribution in [0.1, 0.15) is 50.8 Å². The second-order valence-corrected chi connectivity index (χ2v) is 8.02. The lowest BCUT2D eigenvalue weighted by Gasteiger charge is -2.25. The van der Waals surface area contributed by atoms with Gasteiger partial charge in [-0.2, -0.15) is 0 Å². The minimum Gasteiger partial charge on any atom is -0.344 e. The molecule has 0 heterocycles. The molecular weight excluding hydrogens is 266 g/mol. The van der Waals surface area contributed by atoms with Gasteiger partial charge in [-0.05, 0) is 59.1 Å². The Balaban J connectivity index is 2.07. The van der Waals surface area contributed by atoms with Crippen LogP contribution in [0.15, 0.2) is 42.5 Å². The smallest absolute Gasteiger partial charge is 0.0437 e. The number of aryl methyl sites for hydroxylation is 1. The minimum absolute atomic E-state index is 0.251. The van der Waals surface area contributed by atoms with E-state index in [1.807, 2.05) is 0 Å². The number of fused-ring (bicyclic) bond motifs is 1. The van der Waals surface area contributed by atoms with Crippen molar-refractivity contribution in [3.63, 3.8) is 0 Å². The zero-order valence-electron chi connectivity index (χ0n) is 14.7. The lowest BCUT2D eigenvalue weighted by molar-refractivity contribution is 0.403. The first-order valence-corrected chi connectivity index (χ1v) is 8.17. The number of para-hydroxylation sites is 1. The van der Waals surface area contributed by atoms with Gasteiger partial charge in [0.15, 0.2) is 0 Å². The fourth-order valence-electron chi connectivity index (χ4n) is 4.27. The molecule has 0 spiro atoms. The summed E-state index contributed by atoms with van der Waals surface area (Å²) in [4.78, 5) is 2.30. The van der Waals surface area contributed by atoms with Crippen LogP contribution in [-0.4, -0.2) is 7.05 Å². The van der Waals surface area contributed by atoms with Gasteiger partial charge in [0.05, 0.1) is 0 Å². The van der Waals surface area contributed by atoms with Crippen LogP contribution in [-0.2, 0) is 10.8 Å². The van der Waals surface area contributed by atoms with E-state index in [-0.39, 0.29) is 10.8 Å².